The van der Waals surface area contributed by atoms with Gasteiger partial charge in [-0.15, -0.1) is 0 Å². The van der Waals surface area contributed by atoms with Gasteiger partial charge >= 0.3 is 0 Å². The highest BCUT2D eigenvalue weighted by Gasteiger charge is 2.06. The van der Waals surface area contributed by atoms with Crippen LogP contribution in [0.1, 0.15) is 17.1 Å². The molecule has 104 valence electrons. The lowest BCUT2D eigenvalue weighted by Gasteiger charge is -2.08. The summed E-state index contributed by atoms with van der Waals surface area (Å²) in [6.45, 7) is 1.67. The second kappa shape index (κ2) is 6.09. The molecule has 4 N–H and O–H groups in total. The standard InChI is InChI=1S/C13H15N5O2/c1-9-6-18(8-15-9)12-4-2-10(16-11(12)7-19)3-5-13(20)17-14/h2-6,8,19H,7,14H2,1H3,(H,17,20)/b5-3+. The average Bonchev–Trinajstić information content (AvgIpc) is 2.90. The Bertz CT molecular complexity index is 648. The zero-order valence-corrected chi connectivity index (χ0v) is 10.9. The first-order valence-corrected chi connectivity index (χ1v) is 5.94. The van der Waals surface area contributed by atoms with E-state index in [0.717, 1.165) is 11.4 Å². The summed E-state index contributed by atoms with van der Waals surface area (Å²) in [7, 11) is 0. The molecule has 7 nitrogen and oxygen atoms in total. The van der Waals surface area contributed by atoms with Crippen molar-refractivity contribution in [1.82, 2.24) is 20.0 Å². The molecule has 2 aromatic rings. The van der Waals surface area contributed by atoms with Gasteiger partial charge in [0.1, 0.15) is 0 Å². The van der Waals surface area contributed by atoms with Gasteiger partial charge in [-0.1, -0.05) is 0 Å². The first-order chi connectivity index (χ1) is 9.63. The third kappa shape index (κ3) is 3.08. The van der Waals surface area contributed by atoms with Crippen molar-refractivity contribution >= 4 is 12.0 Å². The first kappa shape index (κ1) is 13.9. The molecule has 2 rings (SSSR count). The van der Waals surface area contributed by atoms with Gasteiger partial charge in [-0.05, 0) is 25.1 Å². The van der Waals surface area contributed by atoms with E-state index in [-0.39, 0.29) is 6.61 Å². The van der Waals surface area contributed by atoms with Gasteiger partial charge in [-0.3, -0.25) is 10.2 Å². The molecular formula is C13H15N5O2. The molecule has 0 aromatic carbocycles. The van der Waals surface area contributed by atoms with Crippen molar-refractivity contribution in [2.45, 2.75) is 13.5 Å². The Balaban J connectivity index is 2.33. The lowest BCUT2D eigenvalue weighted by molar-refractivity contribution is -0.116. The number of pyridine rings is 1. The largest absolute Gasteiger partial charge is 0.390 e. The number of nitrogens with one attached hydrogen (secondary N) is 1. The Morgan fingerprint density at radius 3 is 2.95 bits per heavy atom. The van der Waals surface area contributed by atoms with Crippen molar-refractivity contribution in [3.8, 4) is 5.69 Å². The Hall–Kier alpha value is -2.51. The minimum absolute atomic E-state index is 0.211. The number of aliphatic hydroxyl groups is 1. The summed E-state index contributed by atoms with van der Waals surface area (Å²) in [6.07, 6.45) is 6.28. The normalized spacial score (nSPS) is 10.9. The number of rotatable bonds is 4. The predicted molar refractivity (Wildman–Crippen MR) is 73.4 cm³/mol. The van der Waals surface area contributed by atoms with Crippen LogP contribution in [-0.4, -0.2) is 25.5 Å². The molecule has 0 radical (unpaired) electrons. The van der Waals surface area contributed by atoms with Gasteiger partial charge in [0.25, 0.3) is 5.91 Å². The maximum atomic E-state index is 11.0. The summed E-state index contributed by atoms with van der Waals surface area (Å²) in [5.41, 5.74) is 4.66. The molecule has 20 heavy (non-hydrogen) atoms. The van der Waals surface area contributed by atoms with Crippen LogP contribution >= 0.6 is 0 Å². The van der Waals surface area contributed by atoms with Crippen LogP contribution < -0.4 is 11.3 Å². The average molecular weight is 273 g/mol. The van der Waals surface area contributed by atoms with Crippen molar-refractivity contribution in [2.75, 3.05) is 0 Å². The maximum Gasteiger partial charge on any atom is 0.257 e. The molecule has 0 bridgehead atoms. The van der Waals surface area contributed by atoms with Gasteiger partial charge in [0, 0.05) is 12.3 Å². The molecule has 0 saturated carbocycles. The summed E-state index contributed by atoms with van der Waals surface area (Å²) in [6, 6.07) is 3.55. The third-order valence-corrected chi connectivity index (χ3v) is 2.66. The first-order valence-electron chi connectivity index (χ1n) is 5.94. The summed E-state index contributed by atoms with van der Waals surface area (Å²) in [5, 5.41) is 9.41. The molecule has 0 aliphatic heterocycles. The number of carbonyl (C=O) groups excluding carboxylic acids is 1. The smallest absolute Gasteiger partial charge is 0.257 e. The van der Waals surface area contributed by atoms with Gasteiger partial charge < -0.3 is 9.67 Å². The summed E-state index contributed by atoms with van der Waals surface area (Å²) in [4.78, 5) is 19.4. The number of hydrogen-bond acceptors (Lipinski definition) is 5. The number of hydrazine groups is 1. The fourth-order valence-electron chi connectivity index (χ4n) is 1.72. The predicted octanol–water partition coefficient (Wildman–Crippen LogP) is 0.0711. The number of amides is 1. The van der Waals surface area contributed by atoms with Crippen molar-refractivity contribution in [3.63, 3.8) is 0 Å². The van der Waals surface area contributed by atoms with Crippen molar-refractivity contribution in [2.24, 2.45) is 5.84 Å². The Labute approximate surface area is 115 Å². The van der Waals surface area contributed by atoms with E-state index < -0.39 is 5.91 Å². The van der Waals surface area contributed by atoms with Crippen LogP contribution in [0.4, 0.5) is 0 Å². The molecule has 2 heterocycles. The van der Waals surface area contributed by atoms with Crippen LogP contribution in [-0.2, 0) is 11.4 Å². The second-order valence-electron chi connectivity index (χ2n) is 4.12. The Kier molecular flexibility index (Phi) is 4.24. The molecule has 0 aliphatic carbocycles. The van der Waals surface area contributed by atoms with E-state index in [1.807, 2.05) is 18.5 Å². The number of hydrogen-bond donors (Lipinski definition) is 3. The van der Waals surface area contributed by atoms with Crippen LogP contribution in [0.3, 0.4) is 0 Å². The van der Waals surface area contributed by atoms with Crippen LogP contribution in [0, 0.1) is 6.92 Å². The fourth-order valence-corrected chi connectivity index (χ4v) is 1.72. The van der Waals surface area contributed by atoms with Gasteiger partial charge in [0.05, 0.1) is 35.7 Å². The quantitative estimate of drug-likeness (QED) is 0.316. The van der Waals surface area contributed by atoms with Crippen LogP contribution in [0.2, 0.25) is 0 Å². The fraction of sp³-hybridized carbons (Fsp3) is 0.154. The summed E-state index contributed by atoms with van der Waals surface area (Å²) >= 11 is 0. The lowest BCUT2D eigenvalue weighted by Crippen LogP contribution is -2.27. The number of nitrogens with zero attached hydrogens (tertiary/aromatic N) is 3. The Morgan fingerprint density at radius 2 is 2.35 bits per heavy atom. The maximum absolute atomic E-state index is 11.0. The number of imidazole rings is 1. The van der Waals surface area contributed by atoms with E-state index in [1.54, 1.807) is 23.0 Å². The zero-order valence-electron chi connectivity index (χ0n) is 10.9. The molecule has 0 saturated heterocycles. The van der Waals surface area contributed by atoms with Crippen LogP contribution in [0.5, 0.6) is 0 Å². The van der Waals surface area contributed by atoms with Crippen molar-refractivity contribution in [1.29, 1.82) is 0 Å². The van der Waals surface area contributed by atoms with E-state index in [0.29, 0.717) is 11.4 Å². The lowest BCUT2D eigenvalue weighted by atomic mass is 10.2. The number of aromatic nitrogens is 3. The molecule has 0 spiro atoms. The zero-order chi connectivity index (χ0) is 14.5. The van der Waals surface area contributed by atoms with Crippen molar-refractivity contribution in [3.05, 3.63) is 47.8 Å². The minimum atomic E-state index is -0.424. The number of nitrogens with two attached hydrogens (primary N) is 1. The highest BCUT2D eigenvalue weighted by molar-refractivity contribution is 5.90. The third-order valence-electron chi connectivity index (χ3n) is 2.66. The van der Waals surface area contributed by atoms with E-state index in [9.17, 15) is 9.90 Å². The molecule has 7 heteroatoms. The highest BCUT2D eigenvalue weighted by Crippen LogP contribution is 2.15. The molecular weight excluding hydrogens is 258 g/mol. The topological polar surface area (TPSA) is 106 Å². The molecule has 0 fully saturated rings. The molecule has 0 aliphatic rings. The van der Waals surface area contributed by atoms with E-state index in [2.05, 4.69) is 9.97 Å². The molecule has 2 aromatic heterocycles. The molecule has 0 atom stereocenters. The number of aliphatic hydroxyl groups excluding tert-OH is 1. The molecule has 0 unspecified atom stereocenters. The van der Waals surface area contributed by atoms with E-state index >= 15 is 0 Å². The van der Waals surface area contributed by atoms with Crippen molar-refractivity contribution < 1.29 is 9.90 Å². The van der Waals surface area contributed by atoms with E-state index in [1.165, 1.54) is 12.2 Å². The number of carbonyl (C=O) groups is 1. The SMILES string of the molecule is Cc1cn(-c2ccc(/C=C/C(=O)NN)nc2CO)cn1. The minimum Gasteiger partial charge on any atom is -0.390 e. The second-order valence-corrected chi connectivity index (χ2v) is 4.12. The van der Waals surface area contributed by atoms with Gasteiger partial charge in [0.2, 0.25) is 0 Å². The van der Waals surface area contributed by atoms with Crippen LogP contribution in [0.15, 0.2) is 30.7 Å². The highest BCUT2D eigenvalue weighted by atomic mass is 16.3. The van der Waals surface area contributed by atoms with Crippen LogP contribution in [0.25, 0.3) is 11.8 Å². The number of aryl methyl sites for hydroxylation is 1. The Morgan fingerprint density at radius 1 is 1.55 bits per heavy atom. The summed E-state index contributed by atoms with van der Waals surface area (Å²) in [5.74, 6) is 4.55. The monoisotopic (exact) mass is 273 g/mol. The van der Waals surface area contributed by atoms with Gasteiger partial charge in [-0.25, -0.2) is 15.8 Å². The van der Waals surface area contributed by atoms with Gasteiger partial charge in [-0.2, -0.15) is 0 Å². The summed E-state index contributed by atoms with van der Waals surface area (Å²) < 4.78 is 1.79. The van der Waals surface area contributed by atoms with E-state index in [4.69, 9.17) is 5.84 Å². The van der Waals surface area contributed by atoms with Gasteiger partial charge in [0.15, 0.2) is 0 Å². The molecule has 1 amide bonds.